The fraction of sp³-hybridized carbons (Fsp3) is 0.233. The molecule has 0 radical (unpaired) electrons. The Balaban J connectivity index is 1.20. The molecule has 0 saturated heterocycles. The van der Waals surface area contributed by atoms with E-state index >= 15 is 0 Å². The maximum absolute atomic E-state index is 13.1. The number of aromatic amines is 2. The van der Waals surface area contributed by atoms with Crippen LogP contribution in [0.15, 0.2) is 60.7 Å². The molecule has 2 aromatic heterocycles. The molecule has 5 aromatic rings. The zero-order valence-electron chi connectivity index (χ0n) is 21.1. The van der Waals surface area contributed by atoms with E-state index in [2.05, 4.69) is 34.2 Å². The smallest absolute Gasteiger partial charge is 0.223 e. The molecule has 0 saturated carbocycles. The summed E-state index contributed by atoms with van der Waals surface area (Å²) in [5.74, 6) is 0.764. The maximum atomic E-state index is 13.1. The highest BCUT2D eigenvalue weighted by molar-refractivity contribution is 5.94. The van der Waals surface area contributed by atoms with E-state index in [1.54, 1.807) is 18.2 Å². The van der Waals surface area contributed by atoms with Crippen molar-refractivity contribution >= 4 is 16.8 Å². The van der Waals surface area contributed by atoms with Crippen LogP contribution in [-0.4, -0.2) is 42.6 Å². The molecular formula is C30H28FN5O2. The Bertz CT molecular complexity index is 1640. The predicted molar refractivity (Wildman–Crippen MR) is 144 cm³/mol. The van der Waals surface area contributed by atoms with Gasteiger partial charge in [-0.2, -0.15) is 5.10 Å². The topological polar surface area (TPSA) is 97.9 Å². The van der Waals surface area contributed by atoms with Crippen molar-refractivity contribution in [3.8, 4) is 28.4 Å². The summed E-state index contributed by atoms with van der Waals surface area (Å²) in [5, 5.41) is 18.5. The fourth-order valence-electron chi connectivity index (χ4n) is 5.20. The number of hydrogen-bond acceptors (Lipinski definition) is 4. The van der Waals surface area contributed by atoms with Crippen molar-refractivity contribution in [2.45, 2.75) is 39.2 Å². The van der Waals surface area contributed by atoms with Gasteiger partial charge in [-0.05, 0) is 71.5 Å². The van der Waals surface area contributed by atoms with E-state index in [1.807, 2.05) is 23.1 Å². The minimum atomic E-state index is -0.271. The minimum absolute atomic E-state index is 0.0783. The Labute approximate surface area is 219 Å². The molecule has 3 N–H and O–H groups in total. The second-order valence-electron chi connectivity index (χ2n) is 9.73. The van der Waals surface area contributed by atoms with Crippen LogP contribution in [0, 0.1) is 5.82 Å². The van der Waals surface area contributed by atoms with E-state index in [9.17, 15) is 14.3 Å². The van der Waals surface area contributed by atoms with E-state index in [-0.39, 0.29) is 17.5 Å². The van der Waals surface area contributed by atoms with Gasteiger partial charge in [-0.3, -0.25) is 9.89 Å². The molecule has 8 heteroatoms. The first kappa shape index (κ1) is 23.9. The number of aryl methyl sites for hydroxylation is 2. The number of nitrogens with zero attached hydrogens (tertiary/aromatic N) is 3. The van der Waals surface area contributed by atoms with E-state index < -0.39 is 0 Å². The highest BCUT2D eigenvalue weighted by Crippen LogP contribution is 2.33. The molecule has 0 unspecified atom stereocenters. The van der Waals surface area contributed by atoms with Crippen LogP contribution in [0.5, 0.6) is 5.75 Å². The molecule has 0 spiro atoms. The highest BCUT2D eigenvalue weighted by atomic mass is 19.1. The molecule has 1 amide bonds. The molecule has 0 atom stereocenters. The number of halogens is 1. The molecule has 38 heavy (non-hydrogen) atoms. The Morgan fingerprint density at radius 3 is 2.76 bits per heavy atom. The Hall–Kier alpha value is -4.46. The lowest BCUT2D eigenvalue weighted by molar-refractivity contribution is -0.132. The fourth-order valence-corrected chi connectivity index (χ4v) is 5.20. The molecule has 1 aliphatic rings. The Kier molecular flexibility index (Phi) is 6.15. The van der Waals surface area contributed by atoms with Gasteiger partial charge in [-0.1, -0.05) is 31.2 Å². The summed E-state index contributed by atoms with van der Waals surface area (Å²) in [6.07, 6.45) is 2.47. The van der Waals surface area contributed by atoms with Gasteiger partial charge in [-0.25, -0.2) is 9.37 Å². The number of nitrogens with one attached hydrogen (secondary N) is 2. The summed E-state index contributed by atoms with van der Waals surface area (Å²) in [4.78, 5) is 22.9. The number of fused-ring (bicyclic) bond motifs is 2. The van der Waals surface area contributed by atoms with Gasteiger partial charge < -0.3 is 15.0 Å². The number of imidazole rings is 1. The summed E-state index contributed by atoms with van der Waals surface area (Å²) >= 11 is 0. The highest BCUT2D eigenvalue weighted by Gasteiger charge is 2.25. The van der Waals surface area contributed by atoms with Gasteiger partial charge in [0.05, 0.1) is 23.4 Å². The van der Waals surface area contributed by atoms with Crippen LogP contribution >= 0.6 is 0 Å². The monoisotopic (exact) mass is 509 g/mol. The third kappa shape index (κ3) is 4.53. The number of phenols is 1. The molecule has 0 bridgehead atoms. The van der Waals surface area contributed by atoms with E-state index in [1.165, 1.54) is 12.1 Å². The Morgan fingerprint density at radius 1 is 1.11 bits per heavy atom. The van der Waals surface area contributed by atoms with Crippen molar-refractivity contribution in [1.29, 1.82) is 0 Å². The van der Waals surface area contributed by atoms with E-state index in [4.69, 9.17) is 4.98 Å². The van der Waals surface area contributed by atoms with Gasteiger partial charge >= 0.3 is 0 Å². The van der Waals surface area contributed by atoms with Gasteiger partial charge in [-0.15, -0.1) is 0 Å². The number of aromatic hydroxyl groups is 1. The molecule has 1 aliphatic heterocycles. The van der Waals surface area contributed by atoms with Crippen molar-refractivity contribution in [3.63, 3.8) is 0 Å². The van der Waals surface area contributed by atoms with Gasteiger partial charge in [0.1, 0.15) is 17.3 Å². The van der Waals surface area contributed by atoms with Crippen molar-refractivity contribution < 1.29 is 14.3 Å². The van der Waals surface area contributed by atoms with Gasteiger partial charge in [0.25, 0.3) is 0 Å². The zero-order chi connectivity index (χ0) is 26.2. The summed E-state index contributed by atoms with van der Waals surface area (Å²) in [5.41, 5.74) is 7.72. The number of benzene rings is 3. The average molecular weight is 510 g/mol. The Morgan fingerprint density at radius 2 is 1.95 bits per heavy atom. The molecule has 3 heterocycles. The second kappa shape index (κ2) is 9.78. The lowest BCUT2D eigenvalue weighted by atomic mass is 9.97. The van der Waals surface area contributed by atoms with E-state index in [0.717, 1.165) is 56.7 Å². The number of hydrogen-bond donors (Lipinski definition) is 3. The molecule has 0 aliphatic carbocycles. The summed E-state index contributed by atoms with van der Waals surface area (Å²) in [6, 6.07) is 17.9. The quantitative estimate of drug-likeness (QED) is 0.280. The lowest BCUT2D eigenvalue weighted by Gasteiger charge is -2.26. The van der Waals surface area contributed by atoms with Crippen molar-refractivity contribution in [1.82, 2.24) is 25.1 Å². The van der Waals surface area contributed by atoms with Gasteiger partial charge in [0, 0.05) is 24.8 Å². The average Bonchev–Trinajstić information content (AvgIpc) is 3.55. The number of rotatable bonds is 6. The van der Waals surface area contributed by atoms with E-state index in [0.29, 0.717) is 38.2 Å². The van der Waals surface area contributed by atoms with Crippen LogP contribution in [0.3, 0.4) is 0 Å². The number of carbonyl (C=O) groups is 1. The van der Waals surface area contributed by atoms with Crippen molar-refractivity contribution in [2.75, 3.05) is 6.54 Å². The van der Waals surface area contributed by atoms with Crippen LogP contribution in [0.2, 0.25) is 0 Å². The molecular weight excluding hydrogens is 481 g/mol. The molecule has 7 nitrogen and oxygen atoms in total. The molecule has 3 aromatic carbocycles. The summed E-state index contributed by atoms with van der Waals surface area (Å²) < 4.78 is 13.1. The number of carbonyl (C=O) groups excluding carboxylic acids is 1. The SMILES string of the molecule is CCc1cc(O)ccc1-c1ccc2c(-c3nc4c([nH]3)CN(C(=O)CCc3ccc(F)cc3)CC4)n[nH]c2c1. The van der Waals surface area contributed by atoms with Crippen LogP contribution in [0.25, 0.3) is 33.5 Å². The van der Waals surface area contributed by atoms with Crippen LogP contribution in [-0.2, 0) is 30.6 Å². The standard InChI is InChI=1S/C30H28FN5O2/c1-2-19-15-22(37)9-11-23(19)20-6-10-24-26(16-20)34-35-29(24)30-32-25-13-14-36(17-27(25)33-30)28(38)12-5-18-3-7-21(31)8-4-18/h3-4,6-11,15-16,37H,2,5,12-14,17H2,1H3,(H,32,33)(H,34,35). The van der Waals surface area contributed by atoms with Crippen LogP contribution < -0.4 is 0 Å². The largest absolute Gasteiger partial charge is 0.508 e. The summed E-state index contributed by atoms with van der Waals surface area (Å²) in [7, 11) is 0. The molecule has 0 fully saturated rings. The number of amides is 1. The van der Waals surface area contributed by atoms with Crippen LogP contribution in [0.1, 0.15) is 35.9 Å². The lowest BCUT2D eigenvalue weighted by Crippen LogP contribution is -2.36. The van der Waals surface area contributed by atoms with Crippen LogP contribution in [0.4, 0.5) is 4.39 Å². The molecule has 192 valence electrons. The van der Waals surface area contributed by atoms with Crippen molar-refractivity contribution in [3.05, 3.63) is 89.0 Å². The maximum Gasteiger partial charge on any atom is 0.223 e. The molecule has 6 rings (SSSR count). The zero-order valence-corrected chi connectivity index (χ0v) is 21.1. The third-order valence-electron chi connectivity index (χ3n) is 7.29. The summed E-state index contributed by atoms with van der Waals surface area (Å²) in [6.45, 7) is 3.18. The number of aromatic nitrogens is 4. The minimum Gasteiger partial charge on any atom is -0.508 e. The van der Waals surface area contributed by atoms with Crippen molar-refractivity contribution in [2.24, 2.45) is 0 Å². The van der Waals surface area contributed by atoms with Gasteiger partial charge in [0.2, 0.25) is 5.91 Å². The number of H-pyrrole nitrogens is 2. The normalized spacial score (nSPS) is 13.2. The first-order chi connectivity index (χ1) is 18.5. The first-order valence-corrected chi connectivity index (χ1v) is 12.9. The predicted octanol–water partition coefficient (Wildman–Crippen LogP) is 5.54. The second-order valence-corrected chi connectivity index (χ2v) is 9.73. The first-order valence-electron chi connectivity index (χ1n) is 12.9. The van der Waals surface area contributed by atoms with Gasteiger partial charge in [0.15, 0.2) is 5.82 Å². The number of phenolic OH excluding ortho intramolecular Hbond substituents is 1. The third-order valence-corrected chi connectivity index (χ3v) is 7.29.